The van der Waals surface area contributed by atoms with E-state index in [4.69, 9.17) is 8.75 Å². The lowest BCUT2D eigenvalue weighted by Gasteiger charge is -2.28. The highest BCUT2D eigenvalue weighted by molar-refractivity contribution is 7.24. The van der Waals surface area contributed by atoms with E-state index in [1.54, 1.807) is 0 Å². The van der Waals surface area contributed by atoms with Crippen LogP contribution in [0.4, 0.5) is 0 Å². The Bertz CT molecular complexity index is 1750. The van der Waals surface area contributed by atoms with Crippen molar-refractivity contribution in [1.82, 2.24) is 8.75 Å². The second-order valence-corrected chi connectivity index (χ2v) is 15.2. The van der Waals surface area contributed by atoms with Crippen molar-refractivity contribution in [3.05, 3.63) is 69.4 Å². The fourth-order valence-electron chi connectivity index (χ4n) is 7.40. The third kappa shape index (κ3) is 3.01. The zero-order chi connectivity index (χ0) is 26.5. The van der Waals surface area contributed by atoms with Gasteiger partial charge >= 0.3 is 0 Å². The van der Waals surface area contributed by atoms with Gasteiger partial charge in [0.05, 0.1) is 11.7 Å². The molecule has 8 rings (SSSR count). The Labute approximate surface area is 249 Å². The summed E-state index contributed by atoms with van der Waals surface area (Å²) >= 11 is 9.03. The van der Waals surface area contributed by atoms with Gasteiger partial charge in [0.2, 0.25) is 0 Å². The van der Waals surface area contributed by atoms with Crippen molar-refractivity contribution in [3.63, 3.8) is 0 Å². The summed E-state index contributed by atoms with van der Waals surface area (Å²) in [5.74, 6) is 0. The Morgan fingerprint density at radius 2 is 1.00 bits per heavy atom. The minimum Gasteiger partial charge on any atom is -0.172 e. The topological polar surface area (TPSA) is 25.8 Å². The fraction of sp³-hybridized carbons (Fsp3) is 0.312. The lowest BCUT2D eigenvalue weighted by atomic mass is 9.75. The third-order valence-corrected chi connectivity index (χ3v) is 14.7. The first-order chi connectivity index (χ1) is 19.1. The summed E-state index contributed by atoms with van der Waals surface area (Å²) in [5, 5.41) is 4.54. The Kier molecular flexibility index (Phi) is 5.47. The Balaban J connectivity index is 1.27. The van der Waals surface area contributed by atoms with E-state index in [2.05, 4.69) is 74.9 Å². The van der Waals surface area contributed by atoms with Gasteiger partial charge in [0.25, 0.3) is 0 Å². The highest BCUT2D eigenvalue weighted by atomic mass is 32.1. The van der Waals surface area contributed by atoms with Crippen LogP contribution < -0.4 is 0 Å². The molecular formula is C32H28N2S5. The first-order valence-corrected chi connectivity index (χ1v) is 17.9. The standard InChI is InChI=1S/C32H28N2S5/c1-5-31(6-2)19-11-13-35-27(19)29-21(31)15-23(37-29)17-9-10-18(26-25(17)33-39-34-26)24-16-22-30(38-24)28-20(12-14-36-28)32(22,7-3)8-4/h9-16H,5-8H2,1-4H3. The number of fused-ring (bicyclic) bond motifs is 7. The van der Waals surface area contributed by atoms with E-state index in [1.807, 2.05) is 45.3 Å². The molecule has 2 aliphatic carbocycles. The zero-order valence-corrected chi connectivity index (χ0v) is 26.5. The molecule has 0 unspecified atom stereocenters. The summed E-state index contributed by atoms with van der Waals surface area (Å²) in [6, 6.07) is 14.3. The molecule has 0 aliphatic heterocycles. The molecule has 0 radical (unpaired) electrons. The van der Waals surface area contributed by atoms with E-state index in [1.165, 1.54) is 74.4 Å². The number of rotatable bonds is 6. The highest BCUT2D eigenvalue weighted by Crippen LogP contribution is 2.61. The molecule has 196 valence electrons. The average Bonchev–Trinajstić information content (AvgIpc) is 3.79. The van der Waals surface area contributed by atoms with Crippen molar-refractivity contribution in [1.29, 1.82) is 0 Å². The van der Waals surface area contributed by atoms with Crippen molar-refractivity contribution < 1.29 is 0 Å². The van der Waals surface area contributed by atoms with Crippen LogP contribution in [0.3, 0.4) is 0 Å². The summed E-state index contributed by atoms with van der Waals surface area (Å²) in [6.45, 7) is 9.38. The van der Waals surface area contributed by atoms with E-state index in [-0.39, 0.29) is 10.8 Å². The second kappa shape index (κ2) is 8.67. The van der Waals surface area contributed by atoms with Crippen molar-refractivity contribution in [2.24, 2.45) is 0 Å². The molecule has 2 aliphatic rings. The van der Waals surface area contributed by atoms with Gasteiger partial charge in [-0.05, 0) is 83.0 Å². The van der Waals surface area contributed by atoms with Crippen LogP contribution in [0.1, 0.15) is 75.6 Å². The first kappa shape index (κ1) is 24.6. The lowest BCUT2D eigenvalue weighted by Crippen LogP contribution is -2.22. The molecule has 39 heavy (non-hydrogen) atoms. The van der Waals surface area contributed by atoms with E-state index in [9.17, 15) is 0 Å². The summed E-state index contributed by atoms with van der Waals surface area (Å²) in [5.41, 5.74) is 10.9. The molecule has 0 atom stereocenters. The molecule has 0 N–H and O–H groups in total. The highest BCUT2D eigenvalue weighted by Gasteiger charge is 2.44. The number of hydrogen-bond donors (Lipinski definition) is 0. The monoisotopic (exact) mass is 600 g/mol. The largest absolute Gasteiger partial charge is 0.172 e. The Morgan fingerprint density at radius 1 is 0.564 bits per heavy atom. The molecule has 0 spiro atoms. The molecule has 7 heteroatoms. The molecule has 0 saturated heterocycles. The van der Waals surface area contributed by atoms with Crippen molar-refractivity contribution in [3.8, 4) is 40.4 Å². The lowest BCUT2D eigenvalue weighted by molar-refractivity contribution is 0.492. The predicted octanol–water partition coefficient (Wildman–Crippen LogP) is 11.4. The minimum atomic E-state index is 0.141. The van der Waals surface area contributed by atoms with Crippen LogP contribution in [0.25, 0.3) is 51.4 Å². The Hall–Kier alpha value is -2.16. The van der Waals surface area contributed by atoms with Gasteiger partial charge in [0.15, 0.2) is 0 Å². The molecular weight excluding hydrogens is 573 g/mol. The number of benzene rings is 1. The molecule has 5 heterocycles. The van der Waals surface area contributed by atoms with E-state index in [0.717, 1.165) is 36.7 Å². The molecule has 0 fully saturated rings. The molecule has 0 bridgehead atoms. The quantitative estimate of drug-likeness (QED) is 0.190. The number of hydrogen-bond acceptors (Lipinski definition) is 7. The van der Waals surface area contributed by atoms with Crippen LogP contribution in [0.2, 0.25) is 0 Å². The molecule has 2 nitrogen and oxygen atoms in total. The van der Waals surface area contributed by atoms with Crippen molar-refractivity contribution in [2.45, 2.75) is 64.2 Å². The molecule has 6 aromatic rings. The van der Waals surface area contributed by atoms with Crippen molar-refractivity contribution >= 4 is 68.1 Å². The summed E-state index contributed by atoms with van der Waals surface area (Å²) < 4.78 is 9.75. The van der Waals surface area contributed by atoms with Gasteiger partial charge in [0.1, 0.15) is 11.0 Å². The normalized spacial score (nSPS) is 16.0. The summed E-state index contributed by atoms with van der Waals surface area (Å²) in [7, 11) is 0. The van der Waals surface area contributed by atoms with Crippen LogP contribution in [-0.2, 0) is 10.8 Å². The van der Waals surface area contributed by atoms with Gasteiger partial charge in [-0.1, -0.05) is 39.8 Å². The number of thiophene rings is 4. The SMILES string of the molecule is CCC1(CC)c2ccsc2-c2sc(-c3ccc(-c4cc5c(s4)-c4sccc4C5(CC)CC)c4nsnc34)cc21. The van der Waals surface area contributed by atoms with Gasteiger partial charge in [-0.15, -0.1) is 45.3 Å². The Morgan fingerprint density at radius 3 is 1.41 bits per heavy atom. The maximum atomic E-state index is 4.87. The van der Waals surface area contributed by atoms with Gasteiger partial charge < -0.3 is 0 Å². The van der Waals surface area contributed by atoms with Gasteiger partial charge in [-0.25, -0.2) is 0 Å². The maximum absolute atomic E-state index is 4.87. The first-order valence-electron chi connectivity index (χ1n) is 13.8. The zero-order valence-electron chi connectivity index (χ0n) is 22.4. The summed E-state index contributed by atoms with van der Waals surface area (Å²) in [6.07, 6.45) is 4.54. The molecule has 5 aromatic heterocycles. The maximum Gasteiger partial charge on any atom is 0.114 e. The van der Waals surface area contributed by atoms with Crippen LogP contribution in [0.15, 0.2) is 47.2 Å². The fourth-order valence-corrected chi connectivity index (χ4v) is 12.9. The van der Waals surface area contributed by atoms with E-state index in [0.29, 0.717) is 0 Å². The van der Waals surface area contributed by atoms with Crippen LogP contribution >= 0.6 is 57.1 Å². The van der Waals surface area contributed by atoms with Gasteiger partial charge in [-0.2, -0.15) is 8.75 Å². The minimum absolute atomic E-state index is 0.141. The summed E-state index contributed by atoms with van der Waals surface area (Å²) in [4.78, 5) is 8.54. The van der Waals surface area contributed by atoms with Crippen LogP contribution in [-0.4, -0.2) is 8.75 Å². The van der Waals surface area contributed by atoms with Crippen molar-refractivity contribution in [2.75, 3.05) is 0 Å². The number of aromatic nitrogens is 2. The van der Waals surface area contributed by atoms with E-state index >= 15 is 0 Å². The average molecular weight is 601 g/mol. The predicted molar refractivity (Wildman–Crippen MR) is 173 cm³/mol. The smallest absolute Gasteiger partial charge is 0.114 e. The van der Waals surface area contributed by atoms with Crippen LogP contribution in [0.5, 0.6) is 0 Å². The third-order valence-electron chi connectivity index (χ3n) is 9.63. The molecule has 0 saturated carbocycles. The molecule has 0 amide bonds. The molecule has 1 aromatic carbocycles. The number of nitrogens with zero attached hydrogens (tertiary/aromatic N) is 2. The van der Waals surface area contributed by atoms with Gasteiger partial charge in [-0.3, -0.25) is 0 Å². The second-order valence-electron chi connectivity index (χ2n) is 10.7. The van der Waals surface area contributed by atoms with Gasteiger partial charge in [0, 0.05) is 51.2 Å². The van der Waals surface area contributed by atoms with E-state index < -0.39 is 0 Å². The van der Waals surface area contributed by atoms with Crippen LogP contribution in [0, 0.1) is 0 Å².